The van der Waals surface area contributed by atoms with Crippen molar-refractivity contribution in [1.82, 2.24) is 10.2 Å². The van der Waals surface area contributed by atoms with Crippen molar-refractivity contribution in [2.45, 2.75) is 52.7 Å². The molecule has 0 aromatic heterocycles. The smallest absolute Gasteiger partial charge is 0.237 e. The predicted octanol–water partition coefficient (Wildman–Crippen LogP) is 2.27. The highest BCUT2D eigenvalue weighted by Crippen LogP contribution is 2.18. The summed E-state index contributed by atoms with van der Waals surface area (Å²) in [5.41, 5.74) is 8.27. The summed E-state index contributed by atoms with van der Waals surface area (Å²) in [5.74, 6) is -0.0801. The zero-order valence-electron chi connectivity index (χ0n) is 14.1. The van der Waals surface area contributed by atoms with Crippen molar-refractivity contribution in [2.24, 2.45) is 11.1 Å². The number of nitrogens with one attached hydrogen (secondary N) is 1. The molecular weight excluding hydrogens is 274 g/mol. The zero-order chi connectivity index (χ0) is 16.2. The van der Waals surface area contributed by atoms with E-state index >= 15 is 0 Å². The molecule has 1 aliphatic rings. The molecule has 4 heteroatoms. The molecule has 122 valence electrons. The molecule has 1 aromatic rings. The fraction of sp³-hybridized carbons (Fsp3) is 0.611. The molecule has 0 aliphatic carbocycles. The predicted molar refractivity (Wildman–Crippen MR) is 90.2 cm³/mol. The van der Waals surface area contributed by atoms with Crippen LogP contribution < -0.4 is 11.1 Å². The van der Waals surface area contributed by atoms with E-state index in [1.165, 1.54) is 37.1 Å². The van der Waals surface area contributed by atoms with Gasteiger partial charge in [-0.25, -0.2) is 0 Å². The van der Waals surface area contributed by atoms with Gasteiger partial charge in [0.05, 0.1) is 6.04 Å². The van der Waals surface area contributed by atoms with Gasteiger partial charge in [0.15, 0.2) is 0 Å². The minimum atomic E-state index is -0.488. The van der Waals surface area contributed by atoms with Crippen molar-refractivity contribution in [1.29, 1.82) is 0 Å². The van der Waals surface area contributed by atoms with E-state index in [1.807, 2.05) is 26.8 Å². The number of amides is 1. The summed E-state index contributed by atoms with van der Waals surface area (Å²) in [7, 11) is 0. The maximum Gasteiger partial charge on any atom is 0.237 e. The van der Waals surface area contributed by atoms with E-state index in [1.54, 1.807) is 0 Å². The number of benzene rings is 1. The van der Waals surface area contributed by atoms with Gasteiger partial charge in [0, 0.05) is 13.1 Å². The highest BCUT2D eigenvalue weighted by molar-refractivity contribution is 5.82. The molecule has 1 atom stereocenters. The normalized spacial score (nSPS) is 17.5. The molecule has 0 radical (unpaired) electrons. The third-order valence-corrected chi connectivity index (χ3v) is 4.38. The quantitative estimate of drug-likeness (QED) is 0.877. The number of likely N-dealkylation sites (tertiary alicyclic amines) is 1. The van der Waals surface area contributed by atoms with Gasteiger partial charge in [-0.1, -0.05) is 45.0 Å². The molecule has 1 heterocycles. The Labute approximate surface area is 134 Å². The second-order valence-electron chi connectivity index (χ2n) is 7.31. The van der Waals surface area contributed by atoms with Crippen LogP contribution in [0.2, 0.25) is 0 Å². The SMILES string of the molecule is CC(C)(C)[C@H](N)C(=O)NCc1ccccc1CN1CCCC1. The molecule has 1 saturated heterocycles. The highest BCUT2D eigenvalue weighted by Gasteiger charge is 2.27. The molecule has 0 saturated carbocycles. The fourth-order valence-corrected chi connectivity index (χ4v) is 2.75. The number of hydrogen-bond donors (Lipinski definition) is 2. The van der Waals surface area contributed by atoms with Crippen molar-refractivity contribution in [3.8, 4) is 0 Å². The molecule has 4 nitrogen and oxygen atoms in total. The molecule has 1 aliphatic heterocycles. The minimum Gasteiger partial charge on any atom is -0.351 e. The molecule has 2 rings (SSSR count). The van der Waals surface area contributed by atoms with Gasteiger partial charge in [0.2, 0.25) is 5.91 Å². The summed E-state index contributed by atoms with van der Waals surface area (Å²) in [4.78, 5) is 14.6. The highest BCUT2D eigenvalue weighted by atomic mass is 16.2. The Kier molecular flexibility index (Phi) is 5.59. The third kappa shape index (κ3) is 4.55. The van der Waals surface area contributed by atoms with E-state index in [-0.39, 0.29) is 11.3 Å². The van der Waals surface area contributed by atoms with E-state index in [2.05, 4.69) is 28.4 Å². The Hall–Kier alpha value is -1.39. The Bertz CT molecular complexity index is 501. The van der Waals surface area contributed by atoms with Crippen LogP contribution in [-0.2, 0) is 17.9 Å². The lowest BCUT2D eigenvalue weighted by molar-refractivity contribution is -0.124. The first-order valence-corrected chi connectivity index (χ1v) is 8.20. The Morgan fingerprint density at radius 3 is 2.41 bits per heavy atom. The van der Waals surface area contributed by atoms with Crippen LogP contribution in [0.5, 0.6) is 0 Å². The number of nitrogens with two attached hydrogens (primary N) is 1. The molecule has 0 spiro atoms. The summed E-state index contributed by atoms with van der Waals surface area (Å²) in [5, 5.41) is 2.99. The third-order valence-electron chi connectivity index (χ3n) is 4.38. The lowest BCUT2D eigenvalue weighted by Gasteiger charge is -2.26. The largest absolute Gasteiger partial charge is 0.351 e. The number of hydrogen-bond acceptors (Lipinski definition) is 3. The molecule has 1 amide bonds. The van der Waals surface area contributed by atoms with Crippen LogP contribution in [0.25, 0.3) is 0 Å². The summed E-state index contributed by atoms with van der Waals surface area (Å²) in [6.45, 7) is 9.82. The van der Waals surface area contributed by atoms with Crippen molar-refractivity contribution >= 4 is 5.91 Å². The number of carbonyl (C=O) groups excluding carboxylic acids is 1. The van der Waals surface area contributed by atoms with Crippen molar-refractivity contribution < 1.29 is 4.79 Å². The van der Waals surface area contributed by atoms with E-state index in [9.17, 15) is 4.79 Å². The first kappa shape index (κ1) is 17.0. The van der Waals surface area contributed by atoms with Crippen LogP contribution in [0, 0.1) is 5.41 Å². The van der Waals surface area contributed by atoms with Crippen molar-refractivity contribution in [3.63, 3.8) is 0 Å². The van der Waals surface area contributed by atoms with Crippen LogP contribution in [-0.4, -0.2) is 29.9 Å². The van der Waals surface area contributed by atoms with Gasteiger partial charge in [-0.15, -0.1) is 0 Å². The zero-order valence-corrected chi connectivity index (χ0v) is 14.1. The summed E-state index contributed by atoms with van der Waals surface area (Å²) < 4.78 is 0. The van der Waals surface area contributed by atoms with E-state index in [4.69, 9.17) is 5.73 Å². The van der Waals surface area contributed by atoms with E-state index in [0.717, 1.165) is 6.54 Å². The number of carbonyl (C=O) groups is 1. The lowest BCUT2D eigenvalue weighted by Crippen LogP contribution is -2.48. The minimum absolute atomic E-state index is 0.0801. The molecule has 0 unspecified atom stereocenters. The Morgan fingerprint density at radius 2 is 1.82 bits per heavy atom. The van der Waals surface area contributed by atoms with E-state index in [0.29, 0.717) is 6.54 Å². The first-order valence-electron chi connectivity index (χ1n) is 8.20. The van der Waals surface area contributed by atoms with Crippen LogP contribution in [0.15, 0.2) is 24.3 Å². The number of rotatable bonds is 5. The average Bonchev–Trinajstić information content (AvgIpc) is 2.97. The standard InChI is InChI=1S/C18H29N3O/c1-18(2,3)16(19)17(22)20-12-14-8-4-5-9-15(14)13-21-10-6-7-11-21/h4-5,8-9,16H,6-7,10-13,19H2,1-3H3,(H,20,22)/t16-/m1/s1. The monoisotopic (exact) mass is 303 g/mol. The average molecular weight is 303 g/mol. The Morgan fingerprint density at radius 1 is 1.23 bits per heavy atom. The topological polar surface area (TPSA) is 58.4 Å². The van der Waals surface area contributed by atoms with Gasteiger partial charge in [0.25, 0.3) is 0 Å². The number of nitrogens with zero attached hydrogens (tertiary/aromatic N) is 1. The van der Waals surface area contributed by atoms with Gasteiger partial charge >= 0.3 is 0 Å². The van der Waals surface area contributed by atoms with Crippen LogP contribution in [0.3, 0.4) is 0 Å². The van der Waals surface area contributed by atoms with Crippen molar-refractivity contribution in [2.75, 3.05) is 13.1 Å². The molecule has 1 aromatic carbocycles. The van der Waals surface area contributed by atoms with Gasteiger partial charge in [-0.3, -0.25) is 9.69 Å². The first-order chi connectivity index (χ1) is 10.4. The van der Waals surface area contributed by atoms with Gasteiger partial charge in [-0.05, 0) is 42.5 Å². The second-order valence-corrected chi connectivity index (χ2v) is 7.31. The molecule has 1 fully saturated rings. The van der Waals surface area contributed by atoms with E-state index < -0.39 is 6.04 Å². The van der Waals surface area contributed by atoms with Crippen LogP contribution in [0.1, 0.15) is 44.7 Å². The maximum atomic E-state index is 12.2. The molecule has 22 heavy (non-hydrogen) atoms. The molecular formula is C18H29N3O. The summed E-state index contributed by atoms with van der Waals surface area (Å²) >= 11 is 0. The lowest BCUT2D eigenvalue weighted by atomic mass is 9.87. The molecule has 0 bridgehead atoms. The van der Waals surface area contributed by atoms with Gasteiger partial charge in [-0.2, -0.15) is 0 Å². The Balaban J connectivity index is 1.96. The second kappa shape index (κ2) is 7.25. The van der Waals surface area contributed by atoms with Crippen LogP contribution >= 0.6 is 0 Å². The fourth-order valence-electron chi connectivity index (χ4n) is 2.75. The summed E-state index contributed by atoms with van der Waals surface area (Å²) in [6.07, 6.45) is 2.58. The van der Waals surface area contributed by atoms with Gasteiger partial charge in [0.1, 0.15) is 0 Å². The van der Waals surface area contributed by atoms with Crippen LogP contribution in [0.4, 0.5) is 0 Å². The van der Waals surface area contributed by atoms with Crippen molar-refractivity contribution in [3.05, 3.63) is 35.4 Å². The summed E-state index contributed by atoms with van der Waals surface area (Å²) in [6, 6.07) is 7.85. The maximum absolute atomic E-state index is 12.2. The van der Waals surface area contributed by atoms with Gasteiger partial charge < -0.3 is 11.1 Å². The molecule has 3 N–H and O–H groups in total.